The molecule has 0 atom stereocenters. The summed E-state index contributed by atoms with van der Waals surface area (Å²) in [4.78, 5) is 20.7. The maximum atomic E-state index is 13.4. The molecule has 202 valence electrons. The molecular formula is C23H26F2N8O3S2. The number of aromatic nitrogens is 4. The Morgan fingerprint density at radius 2 is 1.89 bits per heavy atom. The van der Waals surface area contributed by atoms with Crippen LogP contribution in [0.2, 0.25) is 0 Å². The number of anilines is 1. The molecule has 2 aliphatic rings. The fourth-order valence-corrected chi connectivity index (χ4v) is 6.59. The number of hydrogen-bond acceptors (Lipinski definition) is 9. The normalized spacial score (nSPS) is 17.4. The number of nitrogens with zero attached hydrogens (tertiary/aromatic N) is 7. The second kappa shape index (κ2) is 9.51. The van der Waals surface area contributed by atoms with Gasteiger partial charge < -0.3 is 9.80 Å². The van der Waals surface area contributed by atoms with Gasteiger partial charge in [-0.3, -0.25) is 9.20 Å². The monoisotopic (exact) mass is 564 g/mol. The molecular weight excluding hydrogens is 538 g/mol. The van der Waals surface area contributed by atoms with Crippen molar-refractivity contribution in [2.24, 2.45) is 5.92 Å². The van der Waals surface area contributed by atoms with Gasteiger partial charge in [-0.1, -0.05) is 25.2 Å². The number of hydrogen-bond donors (Lipinski definition) is 1. The zero-order valence-corrected chi connectivity index (χ0v) is 22.6. The first-order valence-electron chi connectivity index (χ1n) is 12.1. The predicted molar refractivity (Wildman–Crippen MR) is 135 cm³/mol. The van der Waals surface area contributed by atoms with E-state index < -0.39 is 27.0 Å². The average Bonchev–Trinajstić information content (AvgIpc) is 3.31. The van der Waals surface area contributed by atoms with Crippen molar-refractivity contribution in [3.63, 3.8) is 0 Å². The molecule has 15 heteroatoms. The van der Waals surface area contributed by atoms with E-state index in [4.69, 9.17) is 0 Å². The minimum absolute atomic E-state index is 0.0514. The lowest BCUT2D eigenvalue weighted by molar-refractivity contribution is -0.134. The largest absolute Gasteiger partial charge is 0.366 e. The Balaban J connectivity index is 1.62. The van der Waals surface area contributed by atoms with Gasteiger partial charge in [0.05, 0.1) is 23.0 Å². The maximum absolute atomic E-state index is 13.4. The molecule has 4 heterocycles. The van der Waals surface area contributed by atoms with E-state index in [0.717, 1.165) is 0 Å². The number of pyridine rings is 1. The van der Waals surface area contributed by atoms with Gasteiger partial charge >= 0.3 is 0 Å². The van der Waals surface area contributed by atoms with Gasteiger partial charge in [-0.2, -0.15) is 9.98 Å². The number of nitrogens with one attached hydrogen (secondary N) is 1. The molecule has 0 bridgehead atoms. The summed E-state index contributed by atoms with van der Waals surface area (Å²) in [5, 5.41) is 16.5. The Morgan fingerprint density at radius 1 is 1.21 bits per heavy atom. The van der Waals surface area contributed by atoms with Gasteiger partial charge in [-0.05, 0) is 25.8 Å². The summed E-state index contributed by atoms with van der Waals surface area (Å²) in [7, 11) is -4.12. The highest BCUT2D eigenvalue weighted by molar-refractivity contribution is 7.89. The number of carbonyl (C=O) groups excluding carboxylic acids is 1. The third-order valence-electron chi connectivity index (χ3n) is 6.71. The van der Waals surface area contributed by atoms with Crippen molar-refractivity contribution in [1.82, 2.24) is 29.2 Å². The third kappa shape index (κ3) is 4.72. The van der Waals surface area contributed by atoms with Gasteiger partial charge in [0.25, 0.3) is 6.43 Å². The van der Waals surface area contributed by atoms with Crippen molar-refractivity contribution < 1.29 is 22.0 Å². The highest BCUT2D eigenvalue weighted by Gasteiger charge is 2.47. The molecule has 1 saturated heterocycles. The van der Waals surface area contributed by atoms with Gasteiger partial charge in [-0.15, -0.1) is 10.2 Å². The van der Waals surface area contributed by atoms with Gasteiger partial charge in [0.15, 0.2) is 15.8 Å². The van der Waals surface area contributed by atoms with E-state index in [0.29, 0.717) is 67.3 Å². The summed E-state index contributed by atoms with van der Waals surface area (Å²) < 4.78 is 57.3. The predicted octanol–water partition coefficient (Wildman–Crippen LogP) is 2.74. The average molecular weight is 565 g/mol. The summed E-state index contributed by atoms with van der Waals surface area (Å²) in [6.45, 7) is 7.28. The lowest BCUT2D eigenvalue weighted by Crippen LogP contribution is -2.50. The van der Waals surface area contributed by atoms with E-state index in [9.17, 15) is 27.3 Å². The van der Waals surface area contributed by atoms with Crippen LogP contribution in [0.1, 0.15) is 43.8 Å². The van der Waals surface area contributed by atoms with Gasteiger partial charge in [-0.25, -0.2) is 22.2 Å². The quantitative estimate of drug-likeness (QED) is 0.463. The first kappa shape index (κ1) is 26.4. The van der Waals surface area contributed by atoms with Crippen molar-refractivity contribution >= 4 is 38.5 Å². The third-order valence-corrected chi connectivity index (χ3v) is 9.14. The number of carbonyl (C=O) groups is 1. The van der Waals surface area contributed by atoms with Crippen LogP contribution in [0.15, 0.2) is 17.2 Å². The van der Waals surface area contributed by atoms with E-state index >= 15 is 0 Å². The van der Waals surface area contributed by atoms with Crippen LogP contribution in [0.5, 0.6) is 0 Å². The topological polar surface area (TPSA) is 137 Å². The molecule has 0 radical (unpaired) electrons. The summed E-state index contributed by atoms with van der Waals surface area (Å²) in [5.74, 6) is 0.109. The van der Waals surface area contributed by atoms with Crippen LogP contribution in [0, 0.1) is 24.2 Å². The minimum atomic E-state index is -4.12. The SMILES string of the molecule is Cc1nc(-c2nnc(C(F)F)s2)n2cc(S(=O)(=O)NC3(C#N)CC3)cc(N3CCN(C(=O)C(C)C)CC3)c12. The number of alkyl halides is 2. The smallest absolute Gasteiger partial charge is 0.291 e. The molecule has 38 heavy (non-hydrogen) atoms. The fraction of sp³-hybridized carbons (Fsp3) is 0.522. The Kier molecular flexibility index (Phi) is 6.60. The molecule has 1 N–H and O–H groups in total. The molecule has 0 unspecified atom stereocenters. The zero-order chi connectivity index (χ0) is 27.4. The van der Waals surface area contributed by atoms with E-state index in [1.807, 2.05) is 24.8 Å². The Labute approximate surface area is 222 Å². The number of halogens is 2. The van der Waals surface area contributed by atoms with Gasteiger partial charge in [0.1, 0.15) is 10.4 Å². The second-order valence-corrected chi connectivity index (χ2v) is 12.5. The summed E-state index contributed by atoms with van der Waals surface area (Å²) in [6.07, 6.45) is -0.596. The number of piperazine rings is 1. The number of rotatable bonds is 7. The van der Waals surface area contributed by atoms with Crippen molar-refractivity contribution in [1.29, 1.82) is 5.26 Å². The lowest BCUT2D eigenvalue weighted by Gasteiger charge is -2.37. The van der Waals surface area contributed by atoms with Crippen LogP contribution < -0.4 is 9.62 Å². The summed E-state index contributed by atoms with van der Waals surface area (Å²) in [5.41, 5.74) is 0.589. The maximum Gasteiger partial charge on any atom is 0.291 e. The first-order valence-corrected chi connectivity index (χ1v) is 14.4. The van der Waals surface area contributed by atoms with Crippen molar-refractivity contribution in [2.45, 2.75) is 50.5 Å². The Bertz CT molecular complexity index is 1550. The molecule has 1 saturated carbocycles. The number of sulfonamides is 1. The second-order valence-electron chi connectivity index (χ2n) is 9.81. The number of fused-ring (bicyclic) bond motifs is 1. The molecule has 1 aliphatic heterocycles. The minimum Gasteiger partial charge on any atom is -0.366 e. The number of aryl methyl sites for hydroxylation is 1. The van der Waals surface area contributed by atoms with Crippen LogP contribution in [-0.4, -0.2) is 70.5 Å². The molecule has 1 amide bonds. The lowest BCUT2D eigenvalue weighted by atomic mass is 10.1. The van der Waals surface area contributed by atoms with Crippen molar-refractivity contribution in [3.05, 3.63) is 23.0 Å². The molecule has 0 spiro atoms. The zero-order valence-electron chi connectivity index (χ0n) is 21.0. The van der Waals surface area contributed by atoms with Crippen molar-refractivity contribution in [3.8, 4) is 16.9 Å². The highest BCUT2D eigenvalue weighted by atomic mass is 32.2. The van der Waals surface area contributed by atoms with Crippen LogP contribution >= 0.6 is 11.3 Å². The van der Waals surface area contributed by atoms with E-state index in [1.165, 1.54) is 16.7 Å². The number of nitriles is 1. The molecule has 0 aromatic carbocycles. The highest BCUT2D eigenvalue weighted by Crippen LogP contribution is 2.38. The number of amides is 1. The van der Waals surface area contributed by atoms with Crippen LogP contribution in [0.25, 0.3) is 16.3 Å². The van der Waals surface area contributed by atoms with E-state index in [-0.39, 0.29) is 27.6 Å². The summed E-state index contributed by atoms with van der Waals surface area (Å²) >= 11 is 0.685. The molecule has 5 rings (SSSR count). The molecule has 2 fully saturated rings. The summed E-state index contributed by atoms with van der Waals surface area (Å²) in [6, 6.07) is 3.56. The van der Waals surface area contributed by atoms with Gasteiger partial charge in [0, 0.05) is 38.3 Å². The standard InChI is InChI=1S/C23H26F2N8O3S2/c1-13(2)22(34)32-8-6-31(7-9-32)16-10-15(38(35,36)30-23(12-26)4-5-23)11-33-17(16)14(3)27-19(33)21-29-28-20(37-21)18(24)25/h10-11,13,18,30H,4-9H2,1-3H3. The number of imidazole rings is 1. The molecule has 3 aromatic rings. The fourth-order valence-electron chi connectivity index (χ4n) is 4.51. The Morgan fingerprint density at radius 3 is 2.45 bits per heavy atom. The molecule has 3 aromatic heterocycles. The Hall–Kier alpha value is -3.22. The molecule has 1 aliphatic carbocycles. The van der Waals surface area contributed by atoms with E-state index in [2.05, 4.69) is 19.9 Å². The molecule has 11 nitrogen and oxygen atoms in total. The van der Waals surface area contributed by atoms with Gasteiger partial charge in [0.2, 0.25) is 15.9 Å². The van der Waals surface area contributed by atoms with Crippen LogP contribution in [0.3, 0.4) is 0 Å². The van der Waals surface area contributed by atoms with Crippen molar-refractivity contribution in [2.75, 3.05) is 31.1 Å². The van der Waals surface area contributed by atoms with Crippen LogP contribution in [-0.2, 0) is 14.8 Å². The van der Waals surface area contributed by atoms with Crippen LogP contribution in [0.4, 0.5) is 14.5 Å². The van der Waals surface area contributed by atoms with E-state index in [1.54, 1.807) is 11.8 Å². The first-order chi connectivity index (χ1) is 17.9.